The second kappa shape index (κ2) is 7.19. The molecule has 0 aliphatic carbocycles. The summed E-state index contributed by atoms with van der Waals surface area (Å²) in [6, 6.07) is 1.95. The smallest absolute Gasteiger partial charge is 0.268 e. The van der Waals surface area contributed by atoms with Crippen LogP contribution in [0.4, 0.5) is 5.69 Å². The van der Waals surface area contributed by atoms with E-state index in [2.05, 4.69) is 12.2 Å². The van der Waals surface area contributed by atoms with Crippen molar-refractivity contribution in [3.05, 3.63) is 18.0 Å². The van der Waals surface area contributed by atoms with Gasteiger partial charge in [0, 0.05) is 19.3 Å². The van der Waals surface area contributed by atoms with Crippen molar-refractivity contribution in [1.29, 1.82) is 0 Å². The number of aromatic nitrogens is 1. The molecule has 3 N–H and O–H groups in total. The van der Waals surface area contributed by atoms with Crippen molar-refractivity contribution in [2.75, 3.05) is 19.5 Å². The zero-order valence-electron chi connectivity index (χ0n) is 12.3. The van der Waals surface area contributed by atoms with E-state index in [0.29, 0.717) is 18.0 Å². The summed E-state index contributed by atoms with van der Waals surface area (Å²) in [5.41, 5.74) is 6.99. The molecule has 5 nitrogen and oxygen atoms in total. The van der Waals surface area contributed by atoms with Crippen molar-refractivity contribution in [3.8, 4) is 0 Å². The highest BCUT2D eigenvalue weighted by Gasteiger charge is 2.18. The molecule has 0 aromatic carbocycles. The highest BCUT2D eigenvalue weighted by Crippen LogP contribution is 2.16. The fraction of sp³-hybridized carbons (Fsp3) is 0.643. The van der Waals surface area contributed by atoms with Crippen molar-refractivity contribution in [3.63, 3.8) is 0 Å². The van der Waals surface area contributed by atoms with Crippen LogP contribution in [0, 0.1) is 0 Å². The van der Waals surface area contributed by atoms with Crippen LogP contribution in [0.15, 0.2) is 12.3 Å². The van der Waals surface area contributed by atoms with E-state index < -0.39 is 0 Å². The molecule has 1 atom stereocenters. The number of ether oxygens (including phenoxy) is 1. The van der Waals surface area contributed by atoms with E-state index in [4.69, 9.17) is 10.5 Å². The van der Waals surface area contributed by atoms with Crippen LogP contribution in [-0.2, 0) is 4.74 Å². The van der Waals surface area contributed by atoms with E-state index in [-0.39, 0.29) is 18.0 Å². The summed E-state index contributed by atoms with van der Waals surface area (Å²) in [6.45, 7) is 6.66. The molecule has 0 bridgehead atoms. The Morgan fingerprint density at radius 1 is 1.53 bits per heavy atom. The second-order valence-electron chi connectivity index (χ2n) is 5.07. The Bertz CT molecular complexity index is 407. The molecule has 0 saturated heterocycles. The molecule has 1 rings (SSSR count). The molecule has 1 unspecified atom stereocenters. The summed E-state index contributed by atoms with van der Waals surface area (Å²) in [6.07, 6.45) is 3.70. The highest BCUT2D eigenvalue weighted by atomic mass is 16.5. The first-order valence-electron chi connectivity index (χ1n) is 6.76. The molecule has 19 heavy (non-hydrogen) atoms. The van der Waals surface area contributed by atoms with E-state index in [0.717, 1.165) is 12.8 Å². The summed E-state index contributed by atoms with van der Waals surface area (Å²) < 4.78 is 7.02. The number of anilines is 1. The third-order valence-electron chi connectivity index (χ3n) is 3.00. The largest absolute Gasteiger partial charge is 0.397 e. The van der Waals surface area contributed by atoms with Gasteiger partial charge in [-0.3, -0.25) is 4.79 Å². The Hall–Kier alpha value is -1.49. The van der Waals surface area contributed by atoms with Gasteiger partial charge in [0.15, 0.2) is 0 Å². The first-order chi connectivity index (χ1) is 8.99. The van der Waals surface area contributed by atoms with Crippen molar-refractivity contribution in [2.45, 2.75) is 45.7 Å². The number of carbonyl (C=O) groups is 1. The Labute approximate surface area is 115 Å². The molecule has 1 heterocycles. The van der Waals surface area contributed by atoms with Crippen molar-refractivity contribution < 1.29 is 9.53 Å². The first-order valence-corrected chi connectivity index (χ1v) is 6.76. The van der Waals surface area contributed by atoms with E-state index in [1.54, 1.807) is 19.4 Å². The van der Waals surface area contributed by atoms with Gasteiger partial charge in [-0.15, -0.1) is 0 Å². The van der Waals surface area contributed by atoms with Crippen LogP contribution in [0.1, 0.15) is 50.1 Å². The van der Waals surface area contributed by atoms with Crippen molar-refractivity contribution in [1.82, 2.24) is 9.88 Å². The van der Waals surface area contributed by atoms with Crippen LogP contribution in [0.25, 0.3) is 0 Å². The molecule has 0 radical (unpaired) electrons. The number of nitrogen functional groups attached to an aromatic ring is 1. The standard InChI is InChI=1S/C14H25N3O2/c1-5-6-12(9-19-4)16-14(18)13-7-11(15)8-17(13)10(2)3/h7-8,10,12H,5-6,9,15H2,1-4H3,(H,16,18). The lowest BCUT2D eigenvalue weighted by molar-refractivity contribution is 0.0881. The summed E-state index contributed by atoms with van der Waals surface area (Å²) in [7, 11) is 1.64. The molecule has 108 valence electrons. The van der Waals surface area contributed by atoms with Gasteiger partial charge in [0.2, 0.25) is 0 Å². The van der Waals surface area contributed by atoms with Crippen LogP contribution in [0.3, 0.4) is 0 Å². The van der Waals surface area contributed by atoms with Gasteiger partial charge in [0.1, 0.15) is 5.69 Å². The molecule has 0 fully saturated rings. The second-order valence-corrected chi connectivity index (χ2v) is 5.07. The summed E-state index contributed by atoms with van der Waals surface area (Å²) in [4.78, 5) is 12.3. The van der Waals surface area contributed by atoms with Gasteiger partial charge in [-0.25, -0.2) is 0 Å². The lowest BCUT2D eigenvalue weighted by Gasteiger charge is -2.18. The van der Waals surface area contributed by atoms with Crippen LogP contribution in [-0.4, -0.2) is 30.2 Å². The quantitative estimate of drug-likeness (QED) is 0.795. The molecule has 0 spiro atoms. The normalized spacial score (nSPS) is 12.7. The van der Waals surface area contributed by atoms with E-state index >= 15 is 0 Å². The van der Waals surface area contributed by atoms with Crippen LogP contribution in [0.5, 0.6) is 0 Å². The summed E-state index contributed by atoms with van der Waals surface area (Å²) in [5, 5.41) is 3.00. The van der Waals surface area contributed by atoms with Crippen LogP contribution in [0.2, 0.25) is 0 Å². The third-order valence-corrected chi connectivity index (χ3v) is 3.00. The van der Waals surface area contributed by atoms with Gasteiger partial charge in [0.05, 0.1) is 18.3 Å². The number of nitrogens with zero attached hydrogens (tertiary/aromatic N) is 1. The predicted octanol–water partition coefficient (Wildman–Crippen LogP) is 2.20. The topological polar surface area (TPSA) is 69.3 Å². The lowest BCUT2D eigenvalue weighted by atomic mass is 10.1. The van der Waals surface area contributed by atoms with Gasteiger partial charge in [-0.05, 0) is 26.3 Å². The minimum atomic E-state index is -0.0964. The molecule has 1 amide bonds. The molecule has 5 heteroatoms. The van der Waals surface area contributed by atoms with Gasteiger partial charge in [-0.1, -0.05) is 13.3 Å². The first kappa shape index (κ1) is 15.6. The molecule has 0 aliphatic heterocycles. The van der Waals surface area contributed by atoms with E-state index in [1.807, 2.05) is 18.4 Å². The third kappa shape index (κ3) is 4.28. The van der Waals surface area contributed by atoms with Crippen molar-refractivity contribution >= 4 is 11.6 Å². The number of carbonyl (C=O) groups excluding carboxylic acids is 1. The molecular formula is C14H25N3O2. The Morgan fingerprint density at radius 3 is 2.74 bits per heavy atom. The number of amides is 1. The number of nitrogens with two attached hydrogens (primary N) is 1. The number of hydrogen-bond acceptors (Lipinski definition) is 3. The molecule has 0 aliphatic rings. The fourth-order valence-electron chi connectivity index (χ4n) is 2.12. The maximum atomic E-state index is 12.3. The average Bonchev–Trinajstić information content (AvgIpc) is 2.72. The van der Waals surface area contributed by atoms with Crippen LogP contribution >= 0.6 is 0 Å². The van der Waals surface area contributed by atoms with E-state index in [1.165, 1.54) is 0 Å². The zero-order valence-corrected chi connectivity index (χ0v) is 12.3. The summed E-state index contributed by atoms with van der Waals surface area (Å²) >= 11 is 0. The molecular weight excluding hydrogens is 242 g/mol. The zero-order chi connectivity index (χ0) is 14.4. The number of methoxy groups -OCH3 is 1. The van der Waals surface area contributed by atoms with Gasteiger partial charge in [-0.2, -0.15) is 0 Å². The number of hydrogen-bond donors (Lipinski definition) is 2. The predicted molar refractivity (Wildman–Crippen MR) is 77.3 cm³/mol. The maximum Gasteiger partial charge on any atom is 0.268 e. The lowest BCUT2D eigenvalue weighted by Crippen LogP contribution is -2.38. The Kier molecular flexibility index (Phi) is 5.89. The van der Waals surface area contributed by atoms with E-state index in [9.17, 15) is 4.79 Å². The minimum Gasteiger partial charge on any atom is -0.397 e. The monoisotopic (exact) mass is 267 g/mol. The Morgan fingerprint density at radius 2 is 2.21 bits per heavy atom. The number of nitrogens with one attached hydrogen (secondary N) is 1. The van der Waals surface area contributed by atoms with Gasteiger partial charge >= 0.3 is 0 Å². The highest BCUT2D eigenvalue weighted by molar-refractivity contribution is 5.94. The SMILES string of the molecule is CCCC(COC)NC(=O)c1cc(N)cn1C(C)C. The van der Waals surface area contributed by atoms with Gasteiger partial charge in [0.25, 0.3) is 5.91 Å². The van der Waals surface area contributed by atoms with Crippen molar-refractivity contribution in [2.24, 2.45) is 0 Å². The molecule has 0 saturated carbocycles. The van der Waals surface area contributed by atoms with Gasteiger partial charge < -0.3 is 20.4 Å². The minimum absolute atomic E-state index is 0.0410. The fourth-order valence-corrected chi connectivity index (χ4v) is 2.12. The average molecular weight is 267 g/mol. The molecule has 1 aromatic heterocycles. The summed E-state index contributed by atoms with van der Waals surface area (Å²) in [5.74, 6) is -0.0964. The van der Waals surface area contributed by atoms with Crippen LogP contribution < -0.4 is 11.1 Å². The Balaban J connectivity index is 2.81. The number of rotatable bonds is 7. The molecule has 1 aromatic rings. The maximum absolute atomic E-state index is 12.3.